The highest BCUT2D eigenvalue weighted by atomic mass is 16.6. The van der Waals surface area contributed by atoms with E-state index in [9.17, 15) is 14.8 Å². The van der Waals surface area contributed by atoms with Gasteiger partial charge in [-0.2, -0.15) is 4.73 Å². The molecule has 8 nitrogen and oxygen atoms in total. The highest BCUT2D eigenvalue weighted by Gasteiger charge is 2.30. The number of primary amides is 1. The van der Waals surface area contributed by atoms with E-state index in [1.807, 2.05) is 0 Å². The Kier molecular flexibility index (Phi) is 4.74. The Morgan fingerprint density at radius 2 is 2.17 bits per heavy atom. The van der Waals surface area contributed by atoms with Crippen molar-refractivity contribution in [1.29, 1.82) is 0 Å². The molecule has 2 heterocycles. The van der Waals surface area contributed by atoms with E-state index in [0.717, 1.165) is 0 Å². The van der Waals surface area contributed by atoms with Crippen LogP contribution in [-0.4, -0.2) is 42.2 Å². The van der Waals surface area contributed by atoms with E-state index in [4.69, 9.17) is 15.2 Å². The Balaban J connectivity index is 2.14. The van der Waals surface area contributed by atoms with Crippen molar-refractivity contribution in [2.75, 3.05) is 19.7 Å². The van der Waals surface area contributed by atoms with E-state index in [0.29, 0.717) is 23.4 Å². The number of ether oxygens (including phenoxy) is 2. The molecule has 0 saturated carbocycles. The predicted molar refractivity (Wildman–Crippen MR) is 80.4 cm³/mol. The molecule has 2 N–H and O–H groups in total. The van der Waals surface area contributed by atoms with Crippen molar-refractivity contribution in [3.63, 3.8) is 0 Å². The van der Waals surface area contributed by atoms with E-state index in [-0.39, 0.29) is 12.2 Å². The lowest BCUT2D eigenvalue weighted by Crippen LogP contribution is -2.45. The Bertz CT molecular complexity index is 612. The average molecular weight is 323 g/mol. The van der Waals surface area contributed by atoms with Gasteiger partial charge in [0.1, 0.15) is 11.7 Å². The normalized spacial score (nSPS) is 18.6. The quantitative estimate of drug-likeness (QED) is 0.637. The van der Waals surface area contributed by atoms with Gasteiger partial charge >= 0.3 is 12.0 Å². The second-order valence-electron chi connectivity index (χ2n) is 6.32. The number of pyridine rings is 1. The van der Waals surface area contributed by atoms with E-state index in [1.165, 1.54) is 12.3 Å². The van der Waals surface area contributed by atoms with Crippen LogP contribution in [0.15, 0.2) is 18.3 Å². The maximum Gasteiger partial charge on any atom is 0.410 e. The summed E-state index contributed by atoms with van der Waals surface area (Å²) in [5.41, 5.74) is 5.04. The van der Waals surface area contributed by atoms with Crippen molar-refractivity contribution in [2.45, 2.75) is 32.5 Å². The first-order valence-electron chi connectivity index (χ1n) is 7.30. The molecule has 23 heavy (non-hydrogen) atoms. The topological polar surface area (TPSA) is 109 Å². The maximum absolute atomic E-state index is 12.1. The summed E-state index contributed by atoms with van der Waals surface area (Å²) in [6.45, 7) is 6.42. The van der Waals surface area contributed by atoms with Crippen LogP contribution in [0.25, 0.3) is 0 Å². The Hall–Kier alpha value is -2.35. The summed E-state index contributed by atoms with van der Waals surface area (Å²) in [4.78, 5) is 24.9. The molecule has 0 aromatic carbocycles. The first-order valence-corrected chi connectivity index (χ1v) is 7.30. The second kappa shape index (κ2) is 6.41. The van der Waals surface area contributed by atoms with Crippen LogP contribution in [0.3, 0.4) is 0 Å². The molecule has 0 bridgehead atoms. The van der Waals surface area contributed by atoms with E-state index in [1.54, 1.807) is 31.7 Å². The Labute approximate surface area is 134 Å². The lowest BCUT2D eigenvalue weighted by Gasteiger charge is -2.34. The lowest BCUT2D eigenvalue weighted by molar-refractivity contribution is -0.607. The van der Waals surface area contributed by atoms with Crippen LogP contribution in [0.4, 0.5) is 4.79 Å². The number of hydrogen-bond acceptors (Lipinski definition) is 5. The first-order chi connectivity index (χ1) is 10.7. The van der Waals surface area contributed by atoms with Gasteiger partial charge in [0, 0.05) is 18.7 Å². The molecule has 2 rings (SSSR count). The lowest BCUT2D eigenvalue weighted by atomic mass is 10.1. The molecule has 0 aliphatic carbocycles. The number of hydrogen-bond donors (Lipinski definition) is 1. The number of nitrogens with zero attached hydrogens (tertiary/aromatic N) is 2. The van der Waals surface area contributed by atoms with Gasteiger partial charge in [0.2, 0.25) is 0 Å². The van der Waals surface area contributed by atoms with Crippen molar-refractivity contribution >= 4 is 12.0 Å². The fourth-order valence-electron chi connectivity index (χ4n) is 2.23. The third-order valence-corrected chi connectivity index (χ3v) is 3.29. The molecule has 1 aliphatic rings. The van der Waals surface area contributed by atoms with Crippen molar-refractivity contribution in [3.8, 4) is 0 Å². The maximum atomic E-state index is 12.1. The first kappa shape index (κ1) is 17.0. The number of rotatable bonds is 2. The smallest absolute Gasteiger partial charge is 0.410 e. The molecule has 1 saturated heterocycles. The molecule has 1 aromatic rings. The van der Waals surface area contributed by atoms with Crippen LogP contribution in [0.2, 0.25) is 0 Å². The number of aromatic nitrogens is 1. The largest absolute Gasteiger partial charge is 0.618 e. The minimum Gasteiger partial charge on any atom is -0.618 e. The van der Waals surface area contributed by atoms with Gasteiger partial charge in [-0.1, -0.05) is 0 Å². The fraction of sp³-hybridized carbons (Fsp3) is 0.533. The van der Waals surface area contributed by atoms with Crippen LogP contribution < -0.4 is 10.5 Å². The zero-order chi connectivity index (χ0) is 17.2. The van der Waals surface area contributed by atoms with Crippen LogP contribution in [0.1, 0.15) is 42.9 Å². The average Bonchev–Trinajstić information content (AvgIpc) is 2.46. The molecular weight excluding hydrogens is 302 g/mol. The zero-order valence-corrected chi connectivity index (χ0v) is 13.4. The van der Waals surface area contributed by atoms with Gasteiger partial charge in [-0.3, -0.25) is 4.79 Å². The third-order valence-electron chi connectivity index (χ3n) is 3.29. The molecule has 0 spiro atoms. The highest BCUT2D eigenvalue weighted by Crippen LogP contribution is 2.23. The molecule has 2 amide bonds. The van der Waals surface area contributed by atoms with Gasteiger partial charge in [0.15, 0.2) is 6.20 Å². The van der Waals surface area contributed by atoms with E-state index in [2.05, 4.69) is 0 Å². The van der Waals surface area contributed by atoms with Crippen LogP contribution >= 0.6 is 0 Å². The van der Waals surface area contributed by atoms with Gasteiger partial charge < -0.3 is 25.3 Å². The molecule has 1 unspecified atom stereocenters. The molecule has 1 aromatic heterocycles. The standard InChI is InChI=1S/C15H21N3O5/c1-15(2,3)23-14(20)17-6-7-22-12(9-17)10-4-5-18(21)11(8-10)13(16)19/h4-5,8,12H,6-7,9H2,1-3H3,(H2,16,19). The number of nitrogens with two attached hydrogens (primary N) is 1. The summed E-state index contributed by atoms with van der Waals surface area (Å²) < 4.78 is 11.4. The molecule has 0 radical (unpaired) electrons. The minimum atomic E-state index is -0.818. The number of amides is 2. The highest BCUT2D eigenvalue weighted by molar-refractivity contribution is 5.89. The van der Waals surface area contributed by atoms with Crippen molar-refractivity contribution in [2.24, 2.45) is 5.73 Å². The van der Waals surface area contributed by atoms with Crippen molar-refractivity contribution < 1.29 is 23.8 Å². The molecule has 1 aliphatic heterocycles. The van der Waals surface area contributed by atoms with Crippen molar-refractivity contribution in [1.82, 2.24) is 4.90 Å². The number of morpholine rings is 1. The van der Waals surface area contributed by atoms with Gasteiger partial charge in [0.05, 0.1) is 13.2 Å². The molecule has 1 atom stereocenters. The molecule has 8 heteroatoms. The fourth-order valence-corrected chi connectivity index (χ4v) is 2.23. The van der Waals surface area contributed by atoms with Crippen LogP contribution in [0.5, 0.6) is 0 Å². The number of carbonyl (C=O) groups excluding carboxylic acids is 2. The van der Waals surface area contributed by atoms with E-state index < -0.39 is 23.7 Å². The zero-order valence-electron chi connectivity index (χ0n) is 13.4. The Morgan fingerprint density at radius 1 is 1.48 bits per heavy atom. The Morgan fingerprint density at radius 3 is 2.78 bits per heavy atom. The summed E-state index contributed by atoms with van der Waals surface area (Å²) in [5, 5.41) is 11.5. The molecule has 126 valence electrons. The van der Waals surface area contributed by atoms with Crippen LogP contribution in [-0.2, 0) is 9.47 Å². The third kappa shape index (κ3) is 4.32. The van der Waals surface area contributed by atoms with Gasteiger partial charge in [-0.15, -0.1) is 0 Å². The number of carbonyl (C=O) groups is 2. The molecular formula is C15H21N3O5. The van der Waals surface area contributed by atoms with Crippen LogP contribution in [0, 0.1) is 5.21 Å². The minimum absolute atomic E-state index is 0.166. The summed E-state index contributed by atoms with van der Waals surface area (Å²) in [5.74, 6) is -0.818. The monoisotopic (exact) mass is 323 g/mol. The summed E-state index contributed by atoms with van der Waals surface area (Å²) in [7, 11) is 0. The summed E-state index contributed by atoms with van der Waals surface area (Å²) in [6.07, 6.45) is 0.330. The van der Waals surface area contributed by atoms with Crippen molar-refractivity contribution in [3.05, 3.63) is 34.8 Å². The van der Waals surface area contributed by atoms with Gasteiger partial charge in [-0.05, 0) is 26.3 Å². The molecule has 1 fully saturated rings. The van der Waals surface area contributed by atoms with Gasteiger partial charge in [0.25, 0.3) is 5.69 Å². The SMILES string of the molecule is CC(C)(C)OC(=O)N1CCOC(c2cc[n+]([O-])c(C(N)=O)c2)C1. The summed E-state index contributed by atoms with van der Waals surface area (Å²) >= 11 is 0. The van der Waals surface area contributed by atoms with Gasteiger partial charge in [-0.25, -0.2) is 4.79 Å². The summed E-state index contributed by atoms with van der Waals surface area (Å²) in [6, 6.07) is 2.93. The predicted octanol–water partition coefficient (Wildman–Crippen LogP) is 0.727. The second-order valence-corrected chi connectivity index (χ2v) is 6.32. The van der Waals surface area contributed by atoms with E-state index >= 15 is 0 Å².